The van der Waals surface area contributed by atoms with E-state index in [1.807, 2.05) is 76.2 Å². The number of methoxy groups -OCH3 is 1. The van der Waals surface area contributed by atoms with Gasteiger partial charge in [0.25, 0.3) is 0 Å². The molecule has 2 aliphatic rings. The molecule has 0 saturated carbocycles. The van der Waals surface area contributed by atoms with Gasteiger partial charge in [-0.25, -0.2) is 19.6 Å². The largest absolute Gasteiger partial charge is 0.465 e. The summed E-state index contributed by atoms with van der Waals surface area (Å²) in [6, 6.07) is 12.9. The van der Waals surface area contributed by atoms with Crippen molar-refractivity contribution in [3.8, 4) is 34.4 Å². The fourth-order valence-electron chi connectivity index (χ4n) is 8.17. The van der Waals surface area contributed by atoms with Crippen molar-refractivity contribution < 1.29 is 29.0 Å². The maximum Gasteiger partial charge on any atom is 0.407 e. The number of carbonyl (C=O) groups excluding carboxylic acids is 3. The molecule has 0 spiro atoms. The highest BCUT2D eigenvalue weighted by atomic mass is 35.5. The third-order valence-corrected chi connectivity index (χ3v) is 11.8. The van der Waals surface area contributed by atoms with Crippen LogP contribution in [-0.4, -0.2) is 103 Å². The Morgan fingerprint density at radius 3 is 1.60 bits per heavy atom. The number of imidazole rings is 2. The number of hydrogen-bond donors (Lipinski definition) is 4. The van der Waals surface area contributed by atoms with Crippen molar-refractivity contribution in [1.82, 2.24) is 40.0 Å². The summed E-state index contributed by atoms with van der Waals surface area (Å²) < 4.78 is 4.76. The first-order valence-corrected chi connectivity index (χ1v) is 20.9. The number of aromatic nitrogens is 4. The van der Waals surface area contributed by atoms with E-state index in [1.165, 1.54) is 14.2 Å². The number of nitrogens with one attached hydrogen (secondary N) is 3. The van der Waals surface area contributed by atoms with Crippen LogP contribution >= 0.6 is 23.2 Å². The molecule has 2 fully saturated rings. The van der Waals surface area contributed by atoms with Crippen molar-refractivity contribution in [2.75, 3.05) is 27.2 Å². The molecule has 2 saturated heterocycles. The number of hydrogen-bond acceptors (Lipinski definition) is 7. The summed E-state index contributed by atoms with van der Waals surface area (Å²) in [4.78, 5) is 71.9. The van der Waals surface area contributed by atoms with Crippen LogP contribution in [0.3, 0.4) is 0 Å². The number of rotatable bonds is 10. The lowest BCUT2D eigenvalue weighted by atomic mass is 10.0. The molecule has 60 heavy (non-hydrogen) atoms. The molecule has 0 bridgehead atoms. The van der Waals surface area contributed by atoms with E-state index in [4.69, 9.17) is 37.9 Å². The Kier molecular flexibility index (Phi) is 13.5. The summed E-state index contributed by atoms with van der Waals surface area (Å²) in [6.07, 6.45) is -0.451. The Morgan fingerprint density at radius 2 is 1.22 bits per heavy atom. The minimum Gasteiger partial charge on any atom is -0.465 e. The zero-order valence-corrected chi connectivity index (χ0v) is 36.6. The number of carboxylic acid groups (broad SMARTS) is 1. The molecule has 2 aromatic carbocycles. The van der Waals surface area contributed by atoms with Crippen LogP contribution in [0.4, 0.5) is 9.59 Å². The van der Waals surface area contributed by atoms with Gasteiger partial charge >= 0.3 is 12.2 Å². The molecule has 6 atom stereocenters. The summed E-state index contributed by atoms with van der Waals surface area (Å²) in [5.41, 5.74) is 4.25. The van der Waals surface area contributed by atoms with Crippen LogP contribution in [0.2, 0.25) is 10.3 Å². The van der Waals surface area contributed by atoms with Crippen molar-refractivity contribution in [2.45, 2.75) is 78.6 Å². The second-order valence-corrected chi connectivity index (χ2v) is 17.4. The van der Waals surface area contributed by atoms with E-state index in [2.05, 4.69) is 41.0 Å². The van der Waals surface area contributed by atoms with E-state index in [0.29, 0.717) is 59.3 Å². The van der Waals surface area contributed by atoms with Gasteiger partial charge in [-0.2, -0.15) is 0 Å². The number of halogens is 2. The second-order valence-electron chi connectivity index (χ2n) is 16.6. The van der Waals surface area contributed by atoms with Gasteiger partial charge in [-0.1, -0.05) is 101 Å². The van der Waals surface area contributed by atoms with Crippen LogP contribution in [0.15, 0.2) is 48.5 Å². The number of ether oxygens (including phenoxy) is 1. The third-order valence-electron chi connectivity index (χ3n) is 11.2. The molecule has 2 aromatic heterocycles. The predicted molar refractivity (Wildman–Crippen MR) is 229 cm³/mol. The lowest BCUT2D eigenvalue weighted by Gasteiger charge is -2.33. The Hall–Kier alpha value is -5.52. The number of nitrogens with zero attached hydrogens (tertiary/aromatic N) is 5. The Bertz CT molecular complexity index is 2280. The summed E-state index contributed by atoms with van der Waals surface area (Å²) >= 11 is 13.4. The fourth-order valence-corrected chi connectivity index (χ4v) is 8.66. The quantitative estimate of drug-likeness (QED) is 0.116. The second kappa shape index (κ2) is 18.4. The Balaban J connectivity index is 1.14. The molecule has 2 aliphatic heterocycles. The maximum atomic E-state index is 13.8. The number of H-pyrrole nitrogens is 2. The summed E-state index contributed by atoms with van der Waals surface area (Å²) in [5, 5.41) is 13.0. The van der Waals surface area contributed by atoms with Gasteiger partial charge in [-0.15, -0.1) is 0 Å². The molecule has 4 N–H and O–H groups in total. The lowest BCUT2D eigenvalue weighted by molar-refractivity contribution is -0.138. The minimum absolute atomic E-state index is 0.153. The maximum absolute atomic E-state index is 13.8. The summed E-state index contributed by atoms with van der Waals surface area (Å²) in [6.45, 7) is 12.6. The molecule has 318 valence electrons. The SMILES string of the molecule is COC(=O)N[C@H](C(=O)N1C[C@@H](C)C[C@H]1c1nc(-c2ccc(C#Cc3ccc(-c4nc([C@@H]5C[C@H](C)CN5C(=O)[C@H](C(C)C)N(C)C(=O)O)[nH]c4Cl)cc3)cc2)c(Cl)[nH]1)C(C)C. The molecule has 0 aliphatic carbocycles. The normalized spacial score (nSPS) is 19.9. The van der Waals surface area contributed by atoms with Crippen molar-refractivity contribution in [1.29, 1.82) is 0 Å². The highest BCUT2D eigenvalue weighted by molar-refractivity contribution is 6.32. The standard InChI is InChI=1S/C44H52Cl2N8O6/c1-23(2)33(49-43(57)60-8)41(55)53-21-25(5)19-31(53)39-47-34(37(45)50-39)29-15-11-27(12-16-29)9-10-28-13-17-30(18-14-28)35-38(46)51-40(48-35)32-20-26(6)22-54(32)42(56)36(24(3)4)52(7)44(58)59/h11-18,23-26,31-33,36H,19-22H2,1-8H3,(H,47,50)(H,48,51)(H,49,57)(H,58,59)/t25-,26-,31-,32-,33-,36-/m0/s1. The van der Waals surface area contributed by atoms with Gasteiger partial charge < -0.3 is 34.9 Å². The number of alkyl carbamates (subject to hydrolysis) is 1. The number of likely N-dealkylation sites (N-methyl/N-ethyl adjacent to an activating group) is 1. The van der Waals surface area contributed by atoms with Gasteiger partial charge in [-0.3, -0.25) is 14.5 Å². The number of aromatic amines is 2. The van der Waals surface area contributed by atoms with Gasteiger partial charge in [0.1, 0.15) is 45.4 Å². The molecule has 4 amide bonds. The first kappa shape index (κ1) is 44.0. The molecule has 4 heterocycles. The first-order valence-electron chi connectivity index (χ1n) is 20.1. The van der Waals surface area contributed by atoms with Gasteiger partial charge in [-0.05, 0) is 60.8 Å². The first-order chi connectivity index (χ1) is 28.5. The lowest BCUT2D eigenvalue weighted by Crippen LogP contribution is -2.51. The average molecular weight is 860 g/mol. The van der Waals surface area contributed by atoms with Crippen molar-refractivity contribution in [2.24, 2.45) is 23.7 Å². The topological polar surface area (TPSA) is 177 Å². The molecule has 14 nitrogen and oxygen atoms in total. The van der Waals surface area contributed by atoms with Crippen molar-refractivity contribution in [3.05, 3.63) is 81.6 Å². The van der Waals surface area contributed by atoms with Crippen LogP contribution in [0.25, 0.3) is 22.5 Å². The molecule has 6 rings (SSSR count). The predicted octanol–water partition coefficient (Wildman–Crippen LogP) is 8.01. The zero-order chi connectivity index (χ0) is 43.6. The van der Waals surface area contributed by atoms with Gasteiger partial charge in [0, 0.05) is 42.4 Å². The van der Waals surface area contributed by atoms with Crippen LogP contribution in [0, 0.1) is 35.5 Å². The summed E-state index contributed by atoms with van der Waals surface area (Å²) in [7, 11) is 2.70. The molecule has 0 radical (unpaired) electrons. The van der Waals surface area contributed by atoms with Crippen LogP contribution in [0.1, 0.15) is 89.2 Å². The van der Waals surface area contributed by atoms with E-state index in [1.54, 1.807) is 9.80 Å². The number of likely N-dealkylation sites (tertiary alicyclic amines) is 2. The van der Waals surface area contributed by atoms with Crippen LogP contribution in [0.5, 0.6) is 0 Å². The highest BCUT2D eigenvalue weighted by Crippen LogP contribution is 2.39. The Labute approximate surface area is 360 Å². The number of carbonyl (C=O) groups is 4. The van der Waals surface area contributed by atoms with Crippen molar-refractivity contribution >= 4 is 47.2 Å². The van der Waals surface area contributed by atoms with E-state index in [0.717, 1.165) is 27.2 Å². The Morgan fingerprint density at radius 1 is 0.783 bits per heavy atom. The number of amides is 4. The molecule has 4 aromatic rings. The van der Waals surface area contributed by atoms with E-state index >= 15 is 0 Å². The zero-order valence-electron chi connectivity index (χ0n) is 35.0. The van der Waals surface area contributed by atoms with Gasteiger partial charge in [0.2, 0.25) is 11.8 Å². The molecular weight excluding hydrogens is 807 g/mol. The monoisotopic (exact) mass is 858 g/mol. The van der Waals surface area contributed by atoms with Gasteiger partial charge in [0.15, 0.2) is 0 Å². The van der Waals surface area contributed by atoms with Crippen LogP contribution < -0.4 is 5.32 Å². The van der Waals surface area contributed by atoms with E-state index in [9.17, 15) is 24.3 Å². The highest BCUT2D eigenvalue weighted by Gasteiger charge is 2.43. The van der Waals surface area contributed by atoms with Crippen LogP contribution in [-0.2, 0) is 14.3 Å². The third kappa shape index (κ3) is 9.42. The van der Waals surface area contributed by atoms with Gasteiger partial charge in [0.05, 0.1) is 19.2 Å². The number of benzene rings is 2. The summed E-state index contributed by atoms with van der Waals surface area (Å²) in [5.74, 6) is 7.15. The molecule has 16 heteroatoms. The average Bonchev–Trinajstić information content (AvgIpc) is 4.00. The minimum atomic E-state index is -1.15. The van der Waals surface area contributed by atoms with E-state index in [-0.39, 0.29) is 47.6 Å². The molecular formula is C44H52Cl2N8O6. The smallest absolute Gasteiger partial charge is 0.407 e. The fraction of sp³-hybridized carbons (Fsp3) is 0.455. The van der Waals surface area contributed by atoms with Crippen molar-refractivity contribution in [3.63, 3.8) is 0 Å². The van der Waals surface area contributed by atoms with E-state index < -0.39 is 24.3 Å². The molecule has 0 unspecified atom stereocenters.